The van der Waals surface area contributed by atoms with Crippen molar-refractivity contribution in [1.29, 1.82) is 0 Å². The Morgan fingerprint density at radius 3 is 3.05 bits per heavy atom. The van der Waals surface area contributed by atoms with Gasteiger partial charge < -0.3 is 9.84 Å². The Balaban J connectivity index is 1.88. The molecule has 1 unspecified atom stereocenters. The quantitative estimate of drug-likeness (QED) is 0.943. The highest BCUT2D eigenvalue weighted by atomic mass is 35.5. The highest BCUT2D eigenvalue weighted by molar-refractivity contribution is 6.30. The van der Waals surface area contributed by atoms with Gasteiger partial charge in [0.15, 0.2) is 0 Å². The van der Waals surface area contributed by atoms with Crippen LogP contribution >= 0.6 is 11.6 Å². The average molecular weight is 290 g/mol. The van der Waals surface area contributed by atoms with Crippen LogP contribution in [0.1, 0.15) is 28.6 Å². The molecule has 0 fully saturated rings. The highest BCUT2D eigenvalue weighted by Crippen LogP contribution is 2.35. The molecule has 3 rings (SSSR count). The molecule has 2 heterocycles. The number of ether oxygens (including phenoxy) is 1. The van der Waals surface area contributed by atoms with Crippen LogP contribution in [0.3, 0.4) is 0 Å². The van der Waals surface area contributed by atoms with Crippen LogP contribution in [0, 0.1) is 6.92 Å². The predicted molar refractivity (Wildman–Crippen MR) is 78.3 cm³/mol. The summed E-state index contributed by atoms with van der Waals surface area (Å²) in [4.78, 5) is 4.36. The van der Waals surface area contributed by atoms with E-state index >= 15 is 0 Å². The van der Waals surface area contributed by atoms with Crippen LogP contribution in [0.4, 0.5) is 0 Å². The lowest BCUT2D eigenvalue weighted by Gasteiger charge is -2.14. The van der Waals surface area contributed by atoms with Gasteiger partial charge in [-0.15, -0.1) is 0 Å². The molecule has 0 spiro atoms. The number of nitrogens with zero attached hydrogens (tertiary/aromatic N) is 1. The summed E-state index contributed by atoms with van der Waals surface area (Å²) in [6.45, 7) is 2.60. The lowest BCUT2D eigenvalue weighted by molar-refractivity contribution is 0.172. The molecule has 1 atom stereocenters. The summed E-state index contributed by atoms with van der Waals surface area (Å²) in [6, 6.07) is 9.45. The molecule has 0 aliphatic carbocycles. The lowest BCUT2D eigenvalue weighted by atomic mass is 10.0. The predicted octanol–water partition coefficient (Wildman–Crippen LogP) is 3.25. The van der Waals surface area contributed by atoms with E-state index in [2.05, 4.69) is 4.98 Å². The minimum atomic E-state index is -0.651. The number of benzene rings is 1. The zero-order chi connectivity index (χ0) is 14.1. The van der Waals surface area contributed by atoms with E-state index in [0.29, 0.717) is 23.7 Å². The monoisotopic (exact) mass is 289 g/mol. The molecule has 0 amide bonds. The first-order valence-electron chi connectivity index (χ1n) is 6.69. The number of aryl methyl sites for hydroxylation is 1. The highest BCUT2D eigenvalue weighted by Gasteiger charge is 2.20. The first kappa shape index (κ1) is 13.4. The second kappa shape index (κ2) is 5.43. The molecule has 1 aromatic carbocycles. The Morgan fingerprint density at radius 1 is 1.40 bits per heavy atom. The molecule has 104 valence electrons. The molecule has 3 nitrogen and oxygen atoms in total. The number of aliphatic hydroxyl groups excluding tert-OH is 1. The molecule has 0 saturated heterocycles. The van der Waals surface area contributed by atoms with Gasteiger partial charge >= 0.3 is 0 Å². The summed E-state index contributed by atoms with van der Waals surface area (Å²) >= 11 is 6.13. The Morgan fingerprint density at radius 2 is 2.25 bits per heavy atom. The topological polar surface area (TPSA) is 42.4 Å². The van der Waals surface area contributed by atoms with Crippen LogP contribution < -0.4 is 4.74 Å². The third kappa shape index (κ3) is 2.65. The van der Waals surface area contributed by atoms with E-state index in [9.17, 15) is 5.11 Å². The maximum atomic E-state index is 10.4. The number of aromatic nitrogens is 1. The minimum absolute atomic E-state index is 0.458. The van der Waals surface area contributed by atoms with E-state index in [0.717, 1.165) is 29.0 Å². The number of halogens is 1. The number of hydrogen-bond donors (Lipinski definition) is 1. The zero-order valence-corrected chi connectivity index (χ0v) is 12.0. The maximum Gasteiger partial charge on any atom is 0.126 e. The average Bonchev–Trinajstić information content (AvgIpc) is 2.86. The van der Waals surface area contributed by atoms with E-state index in [1.165, 1.54) is 0 Å². The van der Waals surface area contributed by atoms with Gasteiger partial charge in [-0.2, -0.15) is 0 Å². The van der Waals surface area contributed by atoms with Crippen molar-refractivity contribution in [2.24, 2.45) is 0 Å². The van der Waals surface area contributed by atoms with Gasteiger partial charge in [0.1, 0.15) is 11.9 Å². The van der Waals surface area contributed by atoms with Gasteiger partial charge in [0, 0.05) is 23.6 Å². The summed E-state index contributed by atoms with van der Waals surface area (Å²) < 4.78 is 5.65. The normalized spacial score (nSPS) is 14.8. The third-order valence-electron chi connectivity index (χ3n) is 3.49. The number of rotatable bonds is 3. The van der Waals surface area contributed by atoms with Crippen LogP contribution in [0.15, 0.2) is 30.3 Å². The number of fused-ring (bicyclic) bond motifs is 1. The van der Waals surface area contributed by atoms with Crippen molar-refractivity contribution in [3.8, 4) is 5.75 Å². The molecule has 1 N–H and O–H groups in total. The van der Waals surface area contributed by atoms with Gasteiger partial charge in [-0.25, -0.2) is 0 Å². The third-order valence-corrected chi connectivity index (χ3v) is 3.71. The molecule has 1 aliphatic heterocycles. The van der Waals surface area contributed by atoms with E-state index in [4.69, 9.17) is 16.3 Å². The zero-order valence-electron chi connectivity index (χ0n) is 11.3. The minimum Gasteiger partial charge on any atom is -0.493 e. The second-order valence-corrected chi connectivity index (χ2v) is 5.51. The van der Waals surface area contributed by atoms with Crippen LogP contribution in [-0.2, 0) is 12.8 Å². The molecule has 2 aromatic rings. The SMILES string of the molecule is Cc1cccc(C(O)Cc2cc(Cl)cc3c2OCC3)n1. The molecule has 1 aliphatic rings. The Hall–Kier alpha value is -1.58. The Kier molecular flexibility index (Phi) is 3.64. The number of hydrogen-bond acceptors (Lipinski definition) is 3. The van der Waals surface area contributed by atoms with Crippen LogP contribution in [0.5, 0.6) is 5.75 Å². The molecule has 0 bridgehead atoms. The van der Waals surface area contributed by atoms with E-state index < -0.39 is 6.10 Å². The van der Waals surface area contributed by atoms with Crippen molar-refractivity contribution in [3.05, 3.63) is 57.9 Å². The largest absolute Gasteiger partial charge is 0.493 e. The smallest absolute Gasteiger partial charge is 0.126 e. The summed E-state index contributed by atoms with van der Waals surface area (Å²) in [5.41, 5.74) is 3.64. The van der Waals surface area contributed by atoms with E-state index in [1.807, 2.05) is 37.3 Å². The maximum absolute atomic E-state index is 10.4. The van der Waals surface area contributed by atoms with E-state index in [1.54, 1.807) is 0 Å². The van der Waals surface area contributed by atoms with Gasteiger partial charge in [-0.3, -0.25) is 4.98 Å². The summed E-state index contributed by atoms with van der Waals surface area (Å²) in [7, 11) is 0. The van der Waals surface area contributed by atoms with Crippen molar-refractivity contribution in [1.82, 2.24) is 4.98 Å². The standard InChI is InChI=1S/C16H16ClNO2/c1-10-3-2-4-14(18-10)15(19)9-12-8-13(17)7-11-5-6-20-16(11)12/h2-4,7-8,15,19H,5-6,9H2,1H3. The first-order valence-corrected chi connectivity index (χ1v) is 7.07. The van der Waals surface area contributed by atoms with Crippen molar-refractivity contribution >= 4 is 11.6 Å². The van der Waals surface area contributed by atoms with Crippen LogP contribution in [0.25, 0.3) is 0 Å². The Labute approximate surface area is 123 Å². The fraction of sp³-hybridized carbons (Fsp3) is 0.312. The second-order valence-electron chi connectivity index (χ2n) is 5.08. The number of pyridine rings is 1. The molecule has 4 heteroatoms. The Bertz CT molecular complexity index is 642. The summed E-state index contributed by atoms with van der Waals surface area (Å²) in [5, 5.41) is 11.0. The van der Waals surface area contributed by atoms with Gasteiger partial charge in [-0.1, -0.05) is 17.7 Å². The fourth-order valence-corrected chi connectivity index (χ4v) is 2.82. The summed E-state index contributed by atoms with van der Waals surface area (Å²) in [6.07, 6.45) is 0.683. The van der Waals surface area contributed by atoms with Gasteiger partial charge in [0.25, 0.3) is 0 Å². The van der Waals surface area contributed by atoms with Crippen molar-refractivity contribution < 1.29 is 9.84 Å². The van der Waals surface area contributed by atoms with Gasteiger partial charge in [-0.05, 0) is 42.3 Å². The number of aliphatic hydroxyl groups is 1. The first-order chi connectivity index (χ1) is 9.63. The van der Waals surface area contributed by atoms with Gasteiger partial charge in [0.2, 0.25) is 0 Å². The van der Waals surface area contributed by atoms with Crippen LogP contribution in [-0.4, -0.2) is 16.7 Å². The van der Waals surface area contributed by atoms with Crippen molar-refractivity contribution in [3.63, 3.8) is 0 Å². The van der Waals surface area contributed by atoms with Crippen molar-refractivity contribution in [2.75, 3.05) is 6.61 Å². The molecule has 1 aromatic heterocycles. The molecular formula is C16H16ClNO2. The lowest BCUT2D eigenvalue weighted by Crippen LogP contribution is -2.06. The van der Waals surface area contributed by atoms with Gasteiger partial charge in [0.05, 0.1) is 12.3 Å². The molecular weight excluding hydrogens is 274 g/mol. The fourth-order valence-electron chi connectivity index (χ4n) is 2.56. The van der Waals surface area contributed by atoms with Crippen LogP contribution in [0.2, 0.25) is 5.02 Å². The molecule has 0 radical (unpaired) electrons. The summed E-state index contributed by atoms with van der Waals surface area (Å²) in [5.74, 6) is 0.876. The van der Waals surface area contributed by atoms with E-state index in [-0.39, 0.29) is 0 Å². The molecule has 20 heavy (non-hydrogen) atoms. The van der Waals surface area contributed by atoms with Crippen molar-refractivity contribution in [2.45, 2.75) is 25.9 Å². The molecule has 0 saturated carbocycles.